The predicted molar refractivity (Wildman–Crippen MR) is 73.5 cm³/mol. The lowest BCUT2D eigenvalue weighted by molar-refractivity contribution is 0.0614. The molecule has 1 aromatic rings. The maximum Gasteiger partial charge on any atom is 0.274 e. The maximum absolute atomic E-state index is 12.3. The minimum absolute atomic E-state index is 0.205. The summed E-state index contributed by atoms with van der Waals surface area (Å²) in [6.45, 7) is 6.00. The largest absolute Gasteiger partial charge is 0.335 e. The number of carbonyl (C=O) groups is 1. The van der Waals surface area contributed by atoms with E-state index in [-0.39, 0.29) is 17.1 Å². The van der Waals surface area contributed by atoms with Crippen molar-refractivity contribution in [3.8, 4) is 0 Å². The number of hydrogen-bond acceptors (Lipinski definition) is 4. The van der Waals surface area contributed by atoms with Crippen LogP contribution in [0.2, 0.25) is 5.02 Å². The van der Waals surface area contributed by atoms with Crippen LogP contribution >= 0.6 is 11.6 Å². The number of anilines is 1. The molecule has 1 rings (SSSR count). The van der Waals surface area contributed by atoms with Crippen molar-refractivity contribution >= 4 is 23.3 Å². The van der Waals surface area contributed by atoms with Crippen molar-refractivity contribution in [2.75, 3.05) is 12.5 Å². The van der Waals surface area contributed by atoms with Crippen molar-refractivity contribution in [1.29, 1.82) is 0 Å². The summed E-state index contributed by atoms with van der Waals surface area (Å²) in [7, 11) is 1.74. The SMILES string of the molecule is CCC(C)(C)N(C)C(=O)c1nc(NN)ccc1Cl. The molecule has 0 atom stereocenters. The fourth-order valence-corrected chi connectivity index (χ4v) is 1.53. The molecule has 0 unspecified atom stereocenters. The average Bonchev–Trinajstić information content (AvgIpc) is 2.37. The van der Waals surface area contributed by atoms with Gasteiger partial charge < -0.3 is 10.3 Å². The summed E-state index contributed by atoms with van der Waals surface area (Å²) in [4.78, 5) is 18.1. The predicted octanol–water partition coefficient (Wildman–Crippen LogP) is 2.28. The Morgan fingerprint density at radius 1 is 1.56 bits per heavy atom. The van der Waals surface area contributed by atoms with Gasteiger partial charge in [0.2, 0.25) is 0 Å². The van der Waals surface area contributed by atoms with Gasteiger partial charge in [0.15, 0.2) is 0 Å². The van der Waals surface area contributed by atoms with E-state index in [1.165, 1.54) is 0 Å². The molecule has 0 aromatic carbocycles. The highest BCUT2D eigenvalue weighted by Crippen LogP contribution is 2.23. The van der Waals surface area contributed by atoms with E-state index in [4.69, 9.17) is 17.4 Å². The first kappa shape index (κ1) is 14.7. The molecule has 100 valence electrons. The fraction of sp³-hybridized carbons (Fsp3) is 0.500. The molecule has 18 heavy (non-hydrogen) atoms. The number of aromatic nitrogens is 1. The molecule has 0 saturated heterocycles. The highest BCUT2D eigenvalue weighted by Gasteiger charge is 2.28. The average molecular weight is 271 g/mol. The first-order valence-electron chi connectivity index (χ1n) is 5.74. The monoisotopic (exact) mass is 270 g/mol. The van der Waals surface area contributed by atoms with Gasteiger partial charge in [-0.15, -0.1) is 0 Å². The van der Waals surface area contributed by atoms with E-state index < -0.39 is 0 Å². The number of nitrogens with one attached hydrogen (secondary N) is 1. The van der Waals surface area contributed by atoms with Crippen LogP contribution in [-0.2, 0) is 0 Å². The number of hydrazine groups is 1. The third kappa shape index (κ3) is 2.91. The summed E-state index contributed by atoms with van der Waals surface area (Å²) in [6, 6.07) is 3.22. The summed E-state index contributed by atoms with van der Waals surface area (Å²) in [5.74, 6) is 5.47. The number of carbonyl (C=O) groups excluding carboxylic acids is 1. The molecule has 0 aliphatic heterocycles. The van der Waals surface area contributed by atoms with Crippen molar-refractivity contribution < 1.29 is 4.79 Å². The van der Waals surface area contributed by atoms with Crippen LogP contribution in [0.4, 0.5) is 5.82 Å². The van der Waals surface area contributed by atoms with Gasteiger partial charge >= 0.3 is 0 Å². The highest BCUT2D eigenvalue weighted by atomic mass is 35.5. The van der Waals surface area contributed by atoms with Gasteiger partial charge in [0, 0.05) is 12.6 Å². The van der Waals surface area contributed by atoms with Crippen molar-refractivity contribution in [3.63, 3.8) is 0 Å². The molecule has 3 N–H and O–H groups in total. The molecule has 0 saturated carbocycles. The van der Waals surface area contributed by atoms with E-state index in [9.17, 15) is 4.79 Å². The van der Waals surface area contributed by atoms with E-state index in [2.05, 4.69) is 10.4 Å². The van der Waals surface area contributed by atoms with Crippen molar-refractivity contribution in [2.24, 2.45) is 5.84 Å². The van der Waals surface area contributed by atoms with Crippen LogP contribution in [0.15, 0.2) is 12.1 Å². The number of hydrogen-bond donors (Lipinski definition) is 2. The van der Waals surface area contributed by atoms with Crippen molar-refractivity contribution in [3.05, 3.63) is 22.8 Å². The van der Waals surface area contributed by atoms with Crippen LogP contribution in [0.25, 0.3) is 0 Å². The third-order valence-corrected chi connectivity index (χ3v) is 3.58. The second-order valence-corrected chi connectivity index (χ2v) is 5.11. The fourth-order valence-electron chi connectivity index (χ4n) is 1.34. The zero-order valence-electron chi connectivity index (χ0n) is 11.1. The molecular formula is C12H19ClN4O. The van der Waals surface area contributed by atoms with Gasteiger partial charge in [-0.05, 0) is 32.4 Å². The summed E-state index contributed by atoms with van der Waals surface area (Å²) >= 11 is 6.01. The normalized spacial score (nSPS) is 11.2. The molecule has 0 fully saturated rings. The molecule has 6 heteroatoms. The minimum Gasteiger partial charge on any atom is -0.335 e. The number of pyridine rings is 1. The van der Waals surface area contributed by atoms with E-state index in [0.29, 0.717) is 10.8 Å². The van der Waals surface area contributed by atoms with E-state index in [1.54, 1.807) is 24.1 Å². The smallest absolute Gasteiger partial charge is 0.274 e. The van der Waals surface area contributed by atoms with Gasteiger partial charge in [0.05, 0.1) is 5.02 Å². The standard InChI is InChI=1S/C12H19ClN4O/c1-5-12(2,3)17(4)11(18)10-8(13)6-7-9(15-10)16-14/h6-7H,5,14H2,1-4H3,(H,15,16). The Hall–Kier alpha value is -1.33. The van der Waals surface area contributed by atoms with E-state index in [0.717, 1.165) is 6.42 Å². The number of nitrogen functional groups attached to an aromatic ring is 1. The van der Waals surface area contributed by atoms with Gasteiger partial charge in [-0.3, -0.25) is 4.79 Å². The molecule has 0 radical (unpaired) electrons. The zero-order valence-corrected chi connectivity index (χ0v) is 11.9. The number of amides is 1. The Kier molecular flexibility index (Phi) is 4.53. The zero-order chi connectivity index (χ0) is 13.9. The van der Waals surface area contributed by atoms with Gasteiger partial charge in [0.1, 0.15) is 11.5 Å². The maximum atomic E-state index is 12.3. The number of rotatable bonds is 4. The molecule has 0 spiro atoms. The second-order valence-electron chi connectivity index (χ2n) is 4.70. The lowest BCUT2D eigenvalue weighted by Gasteiger charge is -2.34. The molecule has 0 aliphatic carbocycles. The lowest BCUT2D eigenvalue weighted by atomic mass is 9.99. The first-order valence-corrected chi connectivity index (χ1v) is 6.12. The second kappa shape index (κ2) is 5.54. The molecule has 1 aromatic heterocycles. The van der Waals surface area contributed by atoms with Crippen LogP contribution in [0.1, 0.15) is 37.7 Å². The van der Waals surface area contributed by atoms with Crippen LogP contribution in [0, 0.1) is 0 Å². The summed E-state index contributed by atoms with van der Waals surface area (Å²) < 4.78 is 0. The Morgan fingerprint density at radius 3 is 2.67 bits per heavy atom. The quantitative estimate of drug-likeness (QED) is 0.650. The van der Waals surface area contributed by atoms with E-state index in [1.807, 2.05) is 20.8 Å². The molecule has 0 aliphatic rings. The highest BCUT2D eigenvalue weighted by molar-refractivity contribution is 6.33. The Morgan fingerprint density at radius 2 is 2.17 bits per heavy atom. The first-order chi connectivity index (χ1) is 8.33. The summed E-state index contributed by atoms with van der Waals surface area (Å²) in [5.41, 5.74) is 2.35. The summed E-state index contributed by atoms with van der Waals surface area (Å²) in [5, 5.41) is 0.317. The van der Waals surface area contributed by atoms with Gasteiger partial charge in [-0.25, -0.2) is 10.8 Å². The molecular weight excluding hydrogens is 252 g/mol. The van der Waals surface area contributed by atoms with Crippen LogP contribution in [0.5, 0.6) is 0 Å². The lowest BCUT2D eigenvalue weighted by Crippen LogP contribution is -2.44. The van der Waals surface area contributed by atoms with Crippen molar-refractivity contribution in [1.82, 2.24) is 9.88 Å². The van der Waals surface area contributed by atoms with Gasteiger partial charge in [0.25, 0.3) is 5.91 Å². The molecule has 1 heterocycles. The Labute approximate surface area is 112 Å². The van der Waals surface area contributed by atoms with Gasteiger partial charge in [-0.2, -0.15) is 0 Å². The number of nitrogens with zero attached hydrogens (tertiary/aromatic N) is 2. The Balaban J connectivity index is 3.11. The minimum atomic E-state index is -0.256. The number of nitrogens with two attached hydrogens (primary N) is 1. The van der Waals surface area contributed by atoms with Crippen LogP contribution in [-0.4, -0.2) is 28.4 Å². The molecule has 0 bridgehead atoms. The molecule has 5 nitrogen and oxygen atoms in total. The van der Waals surface area contributed by atoms with E-state index >= 15 is 0 Å². The van der Waals surface area contributed by atoms with Gasteiger partial charge in [-0.1, -0.05) is 18.5 Å². The summed E-state index contributed by atoms with van der Waals surface area (Å²) in [6.07, 6.45) is 0.835. The van der Waals surface area contributed by atoms with Crippen LogP contribution in [0.3, 0.4) is 0 Å². The molecule has 1 amide bonds. The Bertz CT molecular complexity index is 448. The topological polar surface area (TPSA) is 71.2 Å². The third-order valence-electron chi connectivity index (χ3n) is 3.27. The van der Waals surface area contributed by atoms with Crippen molar-refractivity contribution in [2.45, 2.75) is 32.7 Å². The van der Waals surface area contributed by atoms with Crippen LogP contribution < -0.4 is 11.3 Å². The number of halogens is 1.